The third kappa shape index (κ3) is 3.69. The Kier molecular flexibility index (Phi) is 5.03. The highest BCUT2D eigenvalue weighted by Gasteiger charge is 2.22. The summed E-state index contributed by atoms with van der Waals surface area (Å²) in [6.45, 7) is 2.35. The standard InChI is InChI=1S/C18H23N3O3/c1-20-11-8-19-17(18(20)22)21-9-6-14(7-10-21)13-24-16-5-3-4-15(12-16)23-2/h3-5,8,11-12,14H,6-7,9-10,13H2,1-2H3. The fourth-order valence-corrected chi connectivity index (χ4v) is 2.92. The molecule has 3 rings (SSSR count). The van der Waals surface area contributed by atoms with Gasteiger partial charge in [0.25, 0.3) is 5.56 Å². The van der Waals surface area contributed by atoms with E-state index in [0.29, 0.717) is 18.3 Å². The number of piperidine rings is 1. The summed E-state index contributed by atoms with van der Waals surface area (Å²) in [5.41, 5.74) is -0.0384. The van der Waals surface area contributed by atoms with Crippen LogP contribution in [0, 0.1) is 5.92 Å². The van der Waals surface area contributed by atoms with E-state index in [0.717, 1.165) is 37.4 Å². The van der Waals surface area contributed by atoms with Crippen molar-refractivity contribution in [2.75, 3.05) is 31.7 Å². The Labute approximate surface area is 141 Å². The lowest BCUT2D eigenvalue weighted by atomic mass is 9.98. The molecule has 0 radical (unpaired) electrons. The number of anilines is 1. The van der Waals surface area contributed by atoms with Gasteiger partial charge in [0.05, 0.1) is 13.7 Å². The second-order valence-corrected chi connectivity index (χ2v) is 6.09. The number of aromatic nitrogens is 2. The molecule has 1 saturated heterocycles. The number of nitrogens with zero attached hydrogens (tertiary/aromatic N) is 3. The summed E-state index contributed by atoms with van der Waals surface area (Å²) in [6, 6.07) is 7.66. The smallest absolute Gasteiger partial charge is 0.293 e. The predicted octanol–water partition coefficient (Wildman–Crippen LogP) is 2.08. The molecule has 0 saturated carbocycles. The van der Waals surface area contributed by atoms with Crippen molar-refractivity contribution in [1.82, 2.24) is 9.55 Å². The quantitative estimate of drug-likeness (QED) is 0.841. The van der Waals surface area contributed by atoms with E-state index < -0.39 is 0 Å². The van der Waals surface area contributed by atoms with Crippen molar-refractivity contribution in [3.05, 3.63) is 47.0 Å². The SMILES string of the molecule is COc1cccc(OCC2CCN(c3nccn(C)c3=O)CC2)c1. The molecule has 0 unspecified atom stereocenters. The Hall–Kier alpha value is -2.50. The highest BCUT2D eigenvalue weighted by Crippen LogP contribution is 2.23. The Balaban J connectivity index is 1.53. The van der Waals surface area contributed by atoms with Crippen molar-refractivity contribution in [2.45, 2.75) is 12.8 Å². The average molecular weight is 329 g/mol. The number of hydrogen-bond acceptors (Lipinski definition) is 5. The van der Waals surface area contributed by atoms with Gasteiger partial charge in [-0.15, -0.1) is 0 Å². The molecule has 0 N–H and O–H groups in total. The van der Waals surface area contributed by atoms with E-state index in [1.54, 1.807) is 31.1 Å². The normalized spacial score (nSPS) is 15.3. The molecule has 24 heavy (non-hydrogen) atoms. The zero-order valence-electron chi connectivity index (χ0n) is 14.1. The van der Waals surface area contributed by atoms with E-state index in [9.17, 15) is 4.79 Å². The minimum Gasteiger partial charge on any atom is -0.497 e. The third-order valence-electron chi connectivity index (χ3n) is 4.44. The fraction of sp³-hybridized carbons (Fsp3) is 0.444. The minimum atomic E-state index is -0.0384. The maximum Gasteiger partial charge on any atom is 0.293 e. The van der Waals surface area contributed by atoms with Gasteiger partial charge < -0.3 is 18.9 Å². The molecule has 6 nitrogen and oxygen atoms in total. The Morgan fingerprint density at radius 2 is 2.00 bits per heavy atom. The number of rotatable bonds is 5. The summed E-state index contributed by atoms with van der Waals surface area (Å²) < 4.78 is 12.7. The zero-order chi connectivity index (χ0) is 16.9. The number of methoxy groups -OCH3 is 1. The van der Waals surface area contributed by atoms with E-state index >= 15 is 0 Å². The first kappa shape index (κ1) is 16.4. The first-order valence-electron chi connectivity index (χ1n) is 8.21. The van der Waals surface area contributed by atoms with Gasteiger partial charge in [-0.05, 0) is 30.9 Å². The molecule has 0 spiro atoms. The van der Waals surface area contributed by atoms with E-state index in [4.69, 9.17) is 9.47 Å². The van der Waals surface area contributed by atoms with Crippen LogP contribution in [0.1, 0.15) is 12.8 Å². The van der Waals surface area contributed by atoms with Crippen molar-refractivity contribution in [3.8, 4) is 11.5 Å². The van der Waals surface area contributed by atoms with Gasteiger partial charge in [0.1, 0.15) is 11.5 Å². The van der Waals surface area contributed by atoms with Gasteiger partial charge in [0.15, 0.2) is 5.82 Å². The first-order valence-corrected chi connectivity index (χ1v) is 8.21. The second-order valence-electron chi connectivity index (χ2n) is 6.09. The minimum absolute atomic E-state index is 0.0384. The van der Waals surface area contributed by atoms with Crippen LogP contribution < -0.4 is 19.9 Å². The summed E-state index contributed by atoms with van der Waals surface area (Å²) in [4.78, 5) is 18.5. The average Bonchev–Trinajstić information content (AvgIpc) is 2.63. The van der Waals surface area contributed by atoms with Crippen LogP contribution in [0.25, 0.3) is 0 Å². The highest BCUT2D eigenvalue weighted by molar-refractivity contribution is 5.36. The lowest BCUT2D eigenvalue weighted by Gasteiger charge is -2.32. The second kappa shape index (κ2) is 7.38. The van der Waals surface area contributed by atoms with Crippen molar-refractivity contribution >= 4 is 5.82 Å². The molecule has 1 aliphatic rings. The van der Waals surface area contributed by atoms with E-state index in [1.807, 2.05) is 24.3 Å². The summed E-state index contributed by atoms with van der Waals surface area (Å²) in [7, 11) is 3.40. The van der Waals surface area contributed by atoms with Crippen LogP contribution in [-0.2, 0) is 7.05 Å². The molecule has 1 aromatic carbocycles. The maximum absolute atomic E-state index is 12.1. The molecule has 0 bridgehead atoms. The molecule has 1 aromatic heterocycles. The fourth-order valence-electron chi connectivity index (χ4n) is 2.92. The molecule has 128 valence electrons. The number of benzene rings is 1. The van der Waals surface area contributed by atoms with Crippen LogP contribution in [0.2, 0.25) is 0 Å². The molecule has 0 atom stereocenters. The van der Waals surface area contributed by atoms with Gasteiger partial charge >= 0.3 is 0 Å². The van der Waals surface area contributed by atoms with Gasteiger partial charge in [-0.3, -0.25) is 4.79 Å². The number of ether oxygens (including phenoxy) is 2. The van der Waals surface area contributed by atoms with Crippen LogP contribution in [0.15, 0.2) is 41.5 Å². The first-order chi connectivity index (χ1) is 11.7. The number of aryl methyl sites for hydroxylation is 1. The molecule has 2 aromatic rings. The Morgan fingerprint density at radius 1 is 1.25 bits per heavy atom. The van der Waals surface area contributed by atoms with Crippen LogP contribution in [0.4, 0.5) is 5.82 Å². The van der Waals surface area contributed by atoms with Gasteiger partial charge in [-0.2, -0.15) is 0 Å². The molecule has 1 fully saturated rings. The van der Waals surface area contributed by atoms with Crippen molar-refractivity contribution in [3.63, 3.8) is 0 Å². The Bertz CT molecular complexity index is 736. The third-order valence-corrected chi connectivity index (χ3v) is 4.44. The van der Waals surface area contributed by atoms with E-state index in [-0.39, 0.29) is 5.56 Å². The summed E-state index contributed by atoms with van der Waals surface area (Å²) in [5.74, 6) is 2.66. The van der Waals surface area contributed by atoms with E-state index in [2.05, 4.69) is 9.88 Å². The zero-order valence-corrected chi connectivity index (χ0v) is 14.1. The van der Waals surface area contributed by atoms with E-state index in [1.165, 1.54) is 0 Å². The summed E-state index contributed by atoms with van der Waals surface area (Å²) >= 11 is 0. The molecule has 6 heteroatoms. The molecule has 1 aliphatic heterocycles. The Morgan fingerprint density at radius 3 is 2.75 bits per heavy atom. The lowest BCUT2D eigenvalue weighted by Crippen LogP contribution is -2.39. The number of hydrogen-bond donors (Lipinski definition) is 0. The van der Waals surface area contributed by atoms with Crippen molar-refractivity contribution in [1.29, 1.82) is 0 Å². The monoisotopic (exact) mass is 329 g/mol. The maximum atomic E-state index is 12.1. The molecule has 0 aliphatic carbocycles. The predicted molar refractivity (Wildman–Crippen MR) is 92.9 cm³/mol. The molecular formula is C18H23N3O3. The van der Waals surface area contributed by atoms with Crippen molar-refractivity contribution in [2.24, 2.45) is 13.0 Å². The van der Waals surface area contributed by atoms with Crippen LogP contribution in [0.3, 0.4) is 0 Å². The largest absolute Gasteiger partial charge is 0.497 e. The lowest BCUT2D eigenvalue weighted by molar-refractivity contribution is 0.222. The topological polar surface area (TPSA) is 56.6 Å². The van der Waals surface area contributed by atoms with Gasteiger partial charge in [0.2, 0.25) is 0 Å². The molecule has 2 heterocycles. The van der Waals surface area contributed by atoms with Crippen molar-refractivity contribution < 1.29 is 9.47 Å². The van der Waals surface area contributed by atoms with Gasteiger partial charge in [-0.1, -0.05) is 6.07 Å². The molecular weight excluding hydrogens is 306 g/mol. The van der Waals surface area contributed by atoms with Gasteiger partial charge in [0, 0.05) is 38.6 Å². The molecule has 0 amide bonds. The van der Waals surface area contributed by atoms with Crippen LogP contribution >= 0.6 is 0 Å². The highest BCUT2D eigenvalue weighted by atomic mass is 16.5. The van der Waals surface area contributed by atoms with Crippen LogP contribution in [0.5, 0.6) is 11.5 Å². The summed E-state index contributed by atoms with van der Waals surface area (Å²) in [6.07, 6.45) is 5.34. The summed E-state index contributed by atoms with van der Waals surface area (Å²) in [5, 5.41) is 0. The van der Waals surface area contributed by atoms with Crippen LogP contribution in [-0.4, -0.2) is 36.4 Å². The van der Waals surface area contributed by atoms with Gasteiger partial charge in [-0.25, -0.2) is 4.98 Å².